The highest BCUT2D eigenvalue weighted by Crippen LogP contribution is 2.12. The van der Waals surface area contributed by atoms with Gasteiger partial charge in [0.2, 0.25) is 0 Å². The van der Waals surface area contributed by atoms with E-state index in [1.165, 1.54) is 11.8 Å². The molecule has 0 unspecified atom stereocenters. The number of hydrogen-bond acceptors (Lipinski definition) is 2. The van der Waals surface area contributed by atoms with Crippen LogP contribution in [0.2, 0.25) is 0 Å². The summed E-state index contributed by atoms with van der Waals surface area (Å²) in [6.45, 7) is 2.89. The molecule has 0 aliphatic carbocycles. The van der Waals surface area contributed by atoms with Crippen LogP contribution in [0.1, 0.15) is 25.3 Å². The monoisotopic (exact) mass is 327 g/mol. The number of nitrogens with one attached hydrogen (secondary N) is 1. The molecule has 0 aliphatic rings. The molecule has 0 fully saturated rings. The highest BCUT2D eigenvalue weighted by atomic mass is 79.9. The molecule has 0 atom stereocenters. The highest BCUT2D eigenvalue weighted by molar-refractivity contribution is 9.10. The summed E-state index contributed by atoms with van der Waals surface area (Å²) in [6.07, 6.45) is 6.18. The van der Waals surface area contributed by atoms with E-state index in [0.29, 0.717) is 5.75 Å². The number of halogens is 1. The van der Waals surface area contributed by atoms with E-state index in [4.69, 9.17) is 0 Å². The van der Waals surface area contributed by atoms with Crippen LogP contribution in [0, 0.1) is 0 Å². The predicted molar refractivity (Wildman–Crippen MR) is 83.9 cm³/mol. The van der Waals surface area contributed by atoms with Gasteiger partial charge in [0.15, 0.2) is 0 Å². The number of unbranched alkanes of at least 4 members (excludes halogenated alkanes) is 1. The van der Waals surface area contributed by atoms with Gasteiger partial charge in [0.05, 0.1) is 0 Å². The number of amides is 1. The Hall–Kier alpha value is -0.740. The molecular formula is C14H18BrNOS. The summed E-state index contributed by atoms with van der Waals surface area (Å²) < 4.78 is 1.07. The third kappa shape index (κ3) is 6.87. The Balaban J connectivity index is 2.20. The van der Waals surface area contributed by atoms with Crippen molar-refractivity contribution in [3.8, 4) is 0 Å². The second kappa shape index (κ2) is 9.22. The Morgan fingerprint density at radius 3 is 2.78 bits per heavy atom. The smallest absolute Gasteiger partial charge is 0.279 e. The topological polar surface area (TPSA) is 29.1 Å². The van der Waals surface area contributed by atoms with Crippen LogP contribution in [0.15, 0.2) is 34.8 Å². The average Bonchev–Trinajstić information content (AvgIpc) is 2.37. The van der Waals surface area contributed by atoms with Gasteiger partial charge in [-0.05, 0) is 24.1 Å². The highest BCUT2D eigenvalue weighted by Gasteiger charge is 1.98. The summed E-state index contributed by atoms with van der Waals surface area (Å²) in [5.74, 6) is 0.702. The van der Waals surface area contributed by atoms with Gasteiger partial charge in [0.25, 0.3) is 5.24 Å². The summed E-state index contributed by atoms with van der Waals surface area (Å²) >= 11 is 4.70. The first-order chi connectivity index (χ1) is 8.72. The molecule has 0 spiro atoms. The maximum atomic E-state index is 11.4. The van der Waals surface area contributed by atoms with E-state index in [9.17, 15) is 4.79 Å². The first-order valence-corrected chi connectivity index (χ1v) is 7.83. The molecule has 0 saturated carbocycles. The van der Waals surface area contributed by atoms with Crippen LogP contribution < -0.4 is 5.32 Å². The van der Waals surface area contributed by atoms with Gasteiger partial charge in [0, 0.05) is 16.8 Å². The summed E-state index contributed by atoms with van der Waals surface area (Å²) in [5, 5.41) is 2.93. The Morgan fingerprint density at radius 2 is 2.11 bits per heavy atom. The Morgan fingerprint density at radius 1 is 1.39 bits per heavy atom. The van der Waals surface area contributed by atoms with Gasteiger partial charge in [-0.2, -0.15) is 0 Å². The summed E-state index contributed by atoms with van der Waals surface area (Å²) in [5.41, 5.74) is 1.14. The minimum absolute atomic E-state index is 0.0592. The molecule has 1 aromatic carbocycles. The maximum absolute atomic E-state index is 11.4. The van der Waals surface area contributed by atoms with Crippen molar-refractivity contribution >= 4 is 39.0 Å². The van der Waals surface area contributed by atoms with Crippen molar-refractivity contribution in [2.75, 3.05) is 12.3 Å². The van der Waals surface area contributed by atoms with Crippen LogP contribution in [0.3, 0.4) is 0 Å². The van der Waals surface area contributed by atoms with Gasteiger partial charge in [-0.15, -0.1) is 0 Å². The molecule has 1 rings (SSSR count). The molecule has 4 heteroatoms. The molecule has 0 radical (unpaired) electrons. The fraction of sp³-hybridized carbons (Fsp3) is 0.357. The predicted octanol–water partition coefficient (Wildman–Crippen LogP) is 4.71. The quantitative estimate of drug-likeness (QED) is 0.767. The number of hydrogen-bond donors (Lipinski definition) is 1. The van der Waals surface area contributed by atoms with Crippen LogP contribution >= 0.6 is 27.7 Å². The Kier molecular flexibility index (Phi) is 7.85. The van der Waals surface area contributed by atoms with Crippen LogP contribution in [-0.4, -0.2) is 17.5 Å². The van der Waals surface area contributed by atoms with Crippen molar-refractivity contribution in [1.82, 2.24) is 5.32 Å². The van der Waals surface area contributed by atoms with Crippen molar-refractivity contribution in [2.45, 2.75) is 19.8 Å². The summed E-state index contributed by atoms with van der Waals surface area (Å²) in [4.78, 5) is 11.4. The van der Waals surface area contributed by atoms with Crippen molar-refractivity contribution in [2.24, 2.45) is 0 Å². The van der Waals surface area contributed by atoms with Crippen molar-refractivity contribution in [1.29, 1.82) is 0 Å². The van der Waals surface area contributed by atoms with Crippen molar-refractivity contribution in [3.05, 3.63) is 40.4 Å². The molecule has 0 heterocycles. The second-order valence-corrected chi connectivity index (χ2v) is 5.74. The van der Waals surface area contributed by atoms with Gasteiger partial charge in [-0.25, -0.2) is 0 Å². The minimum atomic E-state index is 0.0592. The van der Waals surface area contributed by atoms with Gasteiger partial charge in [-0.1, -0.05) is 65.3 Å². The van der Waals surface area contributed by atoms with Gasteiger partial charge < -0.3 is 5.32 Å². The third-order valence-corrected chi connectivity index (χ3v) is 3.58. The molecule has 0 saturated heterocycles. The van der Waals surface area contributed by atoms with E-state index in [1.807, 2.05) is 36.4 Å². The lowest BCUT2D eigenvalue weighted by molar-refractivity contribution is 0.260. The number of thioether (sulfide) groups is 1. The summed E-state index contributed by atoms with van der Waals surface area (Å²) in [7, 11) is 0. The fourth-order valence-electron chi connectivity index (χ4n) is 1.30. The number of rotatable bonds is 6. The first kappa shape index (κ1) is 15.3. The third-order valence-electron chi connectivity index (χ3n) is 2.29. The lowest BCUT2D eigenvalue weighted by Crippen LogP contribution is -2.19. The molecular weight excluding hydrogens is 310 g/mol. The van der Waals surface area contributed by atoms with E-state index in [0.717, 1.165) is 29.4 Å². The number of carbonyl (C=O) groups is 1. The van der Waals surface area contributed by atoms with E-state index in [1.54, 1.807) is 0 Å². The van der Waals surface area contributed by atoms with Crippen LogP contribution in [0.25, 0.3) is 6.08 Å². The SMILES string of the molecule is CCCCNC(=O)SC/C=C/c1ccc(Br)cc1. The molecule has 0 bridgehead atoms. The average molecular weight is 328 g/mol. The minimum Gasteiger partial charge on any atom is -0.347 e. The number of carbonyl (C=O) groups excluding carboxylic acids is 1. The molecule has 1 amide bonds. The maximum Gasteiger partial charge on any atom is 0.279 e. The Bertz CT molecular complexity index is 389. The zero-order valence-electron chi connectivity index (χ0n) is 10.5. The van der Waals surface area contributed by atoms with Gasteiger partial charge in [0.1, 0.15) is 0 Å². The van der Waals surface area contributed by atoms with Crippen molar-refractivity contribution < 1.29 is 4.79 Å². The van der Waals surface area contributed by atoms with Gasteiger partial charge >= 0.3 is 0 Å². The van der Waals surface area contributed by atoms with E-state index in [-0.39, 0.29) is 5.24 Å². The zero-order chi connectivity index (χ0) is 13.2. The van der Waals surface area contributed by atoms with Crippen molar-refractivity contribution in [3.63, 3.8) is 0 Å². The normalized spacial score (nSPS) is 10.8. The fourth-order valence-corrected chi connectivity index (χ4v) is 2.11. The molecule has 18 heavy (non-hydrogen) atoms. The Labute approximate surface area is 121 Å². The van der Waals surface area contributed by atoms with Crippen LogP contribution in [0.4, 0.5) is 4.79 Å². The lowest BCUT2D eigenvalue weighted by atomic mass is 10.2. The molecule has 2 nitrogen and oxygen atoms in total. The molecule has 98 valence electrons. The first-order valence-electron chi connectivity index (χ1n) is 6.05. The molecule has 1 aromatic rings. The lowest BCUT2D eigenvalue weighted by Gasteiger charge is -2.01. The zero-order valence-corrected chi connectivity index (χ0v) is 12.9. The second-order valence-electron chi connectivity index (χ2n) is 3.83. The summed E-state index contributed by atoms with van der Waals surface area (Å²) in [6, 6.07) is 8.08. The number of benzene rings is 1. The standard InChI is InChI=1S/C14H18BrNOS/c1-2-3-10-16-14(17)18-11-4-5-12-6-8-13(15)9-7-12/h4-9H,2-3,10-11H2,1H3,(H,16,17)/b5-4+. The van der Waals surface area contributed by atoms with E-state index >= 15 is 0 Å². The van der Waals surface area contributed by atoms with Crippen LogP contribution in [-0.2, 0) is 0 Å². The molecule has 0 aromatic heterocycles. The van der Waals surface area contributed by atoms with Gasteiger partial charge in [-0.3, -0.25) is 4.79 Å². The van der Waals surface area contributed by atoms with E-state index in [2.05, 4.69) is 28.2 Å². The molecule has 1 N–H and O–H groups in total. The van der Waals surface area contributed by atoms with E-state index < -0.39 is 0 Å². The van der Waals surface area contributed by atoms with Crippen LogP contribution in [0.5, 0.6) is 0 Å². The largest absolute Gasteiger partial charge is 0.347 e. The molecule has 0 aliphatic heterocycles.